The first-order valence-corrected chi connectivity index (χ1v) is 20.1. The van der Waals surface area contributed by atoms with Crippen molar-refractivity contribution in [3.05, 3.63) is 83.3 Å². The van der Waals surface area contributed by atoms with Gasteiger partial charge in [0, 0.05) is 48.7 Å². The van der Waals surface area contributed by atoms with E-state index in [1.54, 1.807) is 37.4 Å². The number of aromatic nitrogens is 3. The van der Waals surface area contributed by atoms with Crippen molar-refractivity contribution in [1.29, 1.82) is 0 Å². The Balaban J connectivity index is 1.56. The van der Waals surface area contributed by atoms with E-state index in [1.165, 1.54) is 25.1 Å². The number of fused-ring (bicyclic) bond motifs is 1. The van der Waals surface area contributed by atoms with Crippen LogP contribution in [0.3, 0.4) is 0 Å². The van der Waals surface area contributed by atoms with Gasteiger partial charge in [-0.2, -0.15) is 0 Å². The Kier molecular flexibility index (Phi) is 14.8. The molecule has 0 radical (unpaired) electrons. The molecule has 8 N–H and O–H groups in total. The Morgan fingerprint density at radius 1 is 0.850 bits per heavy atom. The van der Waals surface area contributed by atoms with Crippen LogP contribution in [0.15, 0.2) is 60.9 Å². The molecule has 1 aliphatic rings. The van der Waals surface area contributed by atoms with Gasteiger partial charge < -0.3 is 46.9 Å². The fraction of sp³-hybridized carbons (Fsp3) is 0.442. The van der Waals surface area contributed by atoms with E-state index in [1.807, 2.05) is 52.0 Å². The van der Waals surface area contributed by atoms with E-state index in [2.05, 4.69) is 41.5 Å². The predicted octanol–water partition coefficient (Wildman–Crippen LogP) is 1.94. The third kappa shape index (κ3) is 11.6. The molecule has 4 aromatic rings. The molecule has 320 valence electrons. The second-order valence-electron chi connectivity index (χ2n) is 16.0. The Morgan fingerprint density at radius 3 is 2.17 bits per heavy atom. The lowest BCUT2D eigenvalue weighted by molar-refractivity contribution is -0.135. The summed E-state index contributed by atoms with van der Waals surface area (Å²) in [7, 11) is 1.54. The van der Waals surface area contributed by atoms with Crippen molar-refractivity contribution < 1.29 is 33.5 Å². The van der Waals surface area contributed by atoms with E-state index in [-0.39, 0.29) is 54.8 Å². The zero-order valence-electron chi connectivity index (χ0n) is 35.1. The van der Waals surface area contributed by atoms with E-state index >= 15 is 0 Å². The number of ether oxygens (including phenoxy) is 1. The Bertz CT molecular complexity index is 2190. The zero-order chi connectivity index (χ0) is 43.7. The second-order valence-corrected chi connectivity index (χ2v) is 16.0. The number of amides is 6. The second kappa shape index (κ2) is 20.0. The van der Waals surface area contributed by atoms with Crippen molar-refractivity contribution in [1.82, 2.24) is 46.4 Å². The van der Waals surface area contributed by atoms with Crippen LogP contribution in [-0.4, -0.2) is 106 Å². The van der Waals surface area contributed by atoms with E-state index < -0.39 is 72.2 Å². The summed E-state index contributed by atoms with van der Waals surface area (Å²) < 4.78 is 5.29. The van der Waals surface area contributed by atoms with Gasteiger partial charge in [0.15, 0.2) is 0 Å². The fourth-order valence-corrected chi connectivity index (χ4v) is 7.03. The molecule has 60 heavy (non-hydrogen) atoms. The number of nitrogens with zero attached hydrogens (tertiary/aromatic N) is 3. The number of rotatable bonds is 9. The van der Waals surface area contributed by atoms with Crippen LogP contribution in [0.4, 0.5) is 5.95 Å². The lowest BCUT2D eigenvalue weighted by atomic mass is 9.99. The van der Waals surface area contributed by atoms with Crippen molar-refractivity contribution in [3.63, 3.8) is 0 Å². The van der Waals surface area contributed by atoms with Crippen molar-refractivity contribution in [2.75, 3.05) is 25.9 Å². The molecule has 5 rings (SSSR count). The first-order valence-electron chi connectivity index (χ1n) is 20.1. The predicted molar refractivity (Wildman–Crippen MR) is 225 cm³/mol. The summed E-state index contributed by atoms with van der Waals surface area (Å²) in [5, 5.41) is 15.1. The number of anilines is 1. The average Bonchev–Trinajstić information content (AvgIpc) is 3.61. The highest BCUT2D eigenvalue weighted by Gasteiger charge is 2.34. The molecule has 1 fully saturated rings. The third-order valence-corrected chi connectivity index (χ3v) is 10.5. The highest BCUT2D eigenvalue weighted by Crippen LogP contribution is 2.20. The monoisotopic (exact) mass is 824 g/mol. The summed E-state index contributed by atoms with van der Waals surface area (Å²) in [6.45, 7) is 9.92. The number of carbonyl (C=O) groups excluding carboxylic acids is 6. The van der Waals surface area contributed by atoms with Crippen LogP contribution in [0.2, 0.25) is 0 Å². The Morgan fingerprint density at radius 2 is 1.50 bits per heavy atom. The molecule has 0 saturated carbocycles. The minimum atomic E-state index is -1.21. The number of para-hydroxylation sites is 1. The summed E-state index contributed by atoms with van der Waals surface area (Å²) in [5.41, 5.74) is 8.41. The van der Waals surface area contributed by atoms with Crippen molar-refractivity contribution in [2.24, 2.45) is 11.8 Å². The van der Waals surface area contributed by atoms with Crippen LogP contribution in [0.5, 0.6) is 5.75 Å². The van der Waals surface area contributed by atoms with E-state index in [4.69, 9.17) is 10.5 Å². The summed E-state index contributed by atoms with van der Waals surface area (Å²) in [4.78, 5) is 97.4. The fourth-order valence-electron chi connectivity index (χ4n) is 7.03. The molecular formula is C43H56N10O7. The van der Waals surface area contributed by atoms with Gasteiger partial charge in [-0.05, 0) is 61.4 Å². The largest absolute Gasteiger partial charge is 0.497 e. The van der Waals surface area contributed by atoms with Gasteiger partial charge in [0.2, 0.25) is 35.5 Å². The minimum Gasteiger partial charge on any atom is -0.497 e. The van der Waals surface area contributed by atoms with Crippen LogP contribution in [-0.2, 0) is 36.8 Å². The summed E-state index contributed by atoms with van der Waals surface area (Å²) >= 11 is 0. The molecule has 0 spiro atoms. The molecule has 17 heteroatoms. The molecule has 3 heterocycles. The number of nitrogen functional groups attached to an aromatic ring is 1. The quantitative estimate of drug-likeness (QED) is 0.129. The summed E-state index contributed by atoms with van der Waals surface area (Å²) in [6, 6.07) is 9.24. The lowest BCUT2D eigenvalue weighted by Gasteiger charge is -2.32. The maximum atomic E-state index is 14.4. The molecule has 1 aliphatic heterocycles. The highest BCUT2D eigenvalue weighted by atomic mass is 16.5. The van der Waals surface area contributed by atoms with E-state index in [0.29, 0.717) is 11.3 Å². The van der Waals surface area contributed by atoms with Gasteiger partial charge in [0.25, 0.3) is 5.91 Å². The highest BCUT2D eigenvalue weighted by molar-refractivity contribution is 5.99. The number of hydrogen-bond donors (Lipinski definition) is 7. The first kappa shape index (κ1) is 44.6. The molecule has 0 aliphatic carbocycles. The topological polar surface area (TPSA) is 243 Å². The van der Waals surface area contributed by atoms with Gasteiger partial charge >= 0.3 is 0 Å². The number of carbonyl (C=O) groups is 6. The van der Waals surface area contributed by atoms with Crippen molar-refractivity contribution in [3.8, 4) is 5.75 Å². The van der Waals surface area contributed by atoms with Crippen molar-refractivity contribution >= 4 is 52.3 Å². The van der Waals surface area contributed by atoms with Gasteiger partial charge in [0.05, 0.1) is 24.9 Å². The number of aryl methyl sites for hydroxylation is 1. The van der Waals surface area contributed by atoms with E-state index in [0.717, 1.165) is 16.5 Å². The Labute approximate surface area is 349 Å². The first-order chi connectivity index (χ1) is 28.5. The molecular weight excluding hydrogens is 769 g/mol. The average molecular weight is 825 g/mol. The molecule has 0 unspecified atom stereocenters. The van der Waals surface area contributed by atoms with Crippen LogP contribution in [0.25, 0.3) is 10.9 Å². The number of nitrogens with two attached hydrogens (primary N) is 1. The van der Waals surface area contributed by atoms with Crippen LogP contribution in [0, 0.1) is 18.8 Å². The van der Waals surface area contributed by atoms with Gasteiger partial charge in [-0.25, -0.2) is 9.97 Å². The number of methoxy groups -OCH3 is 1. The maximum absolute atomic E-state index is 14.4. The van der Waals surface area contributed by atoms with Gasteiger partial charge in [-0.3, -0.25) is 28.8 Å². The maximum Gasteiger partial charge on any atom is 0.257 e. The molecule has 0 bridgehead atoms. The standard InChI is InChI=1S/C43H56N10O7/c1-23(2)16-33-40(57)51-34(17-27-12-14-29(60-7)15-13-27)39(56)47-26(6)38(55)52-36(24(3)4)21-53(42(59)31-20-46-43(44)48-25(31)5)22-37(54)49-35(41(58)50-33)18-28-19-45-32-11-9-8-10-30(28)32/h8-15,19-20,23-24,26,33-36,45H,16-18,21-22H2,1-7H3,(H,47,56)(H,49,54)(H,50,58)(H,51,57)(H,52,55)(H2,44,46,48)/t26-,33+,34+,35-,36-/m1/s1. The third-order valence-electron chi connectivity index (χ3n) is 10.5. The molecule has 6 amide bonds. The van der Waals surface area contributed by atoms with Crippen LogP contribution < -0.4 is 37.1 Å². The van der Waals surface area contributed by atoms with E-state index in [9.17, 15) is 28.8 Å². The summed E-state index contributed by atoms with van der Waals surface area (Å²) in [5.74, 6) is -3.49. The summed E-state index contributed by atoms with van der Waals surface area (Å²) in [6.07, 6.45) is 3.31. The number of hydrogen-bond acceptors (Lipinski definition) is 10. The lowest BCUT2D eigenvalue weighted by Crippen LogP contribution is -2.60. The Hall–Kier alpha value is -6.52. The smallest absolute Gasteiger partial charge is 0.257 e. The van der Waals surface area contributed by atoms with Crippen molar-refractivity contribution in [2.45, 2.75) is 91.0 Å². The number of nitrogens with one attached hydrogen (secondary N) is 6. The van der Waals surface area contributed by atoms with Crippen LogP contribution in [0.1, 0.15) is 68.2 Å². The van der Waals surface area contributed by atoms with Crippen LogP contribution >= 0.6 is 0 Å². The molecule has 2 aromatic heterocycles. The molecule has 1 saturated heterocycles. The normalized spacial score (nSPS) is 21.4. The number of benzene rings is 2. The minimum absolute atomic E-state index is 0.0293. The van der Waals surface area contributed by atoms with Gasteiger partial charge in [-0.1, -0.05) is 58.0 Å². The number of H-pyrrole nitrogens is 1. The molecule has 17 nitrogen and oxygen atoms in total. The number of aromatic amines is 1. The zero-order valence-corrected chi connectivity index (χ0v) is 35.1. The molecule has 2 aromatic carbocycles. The van der Waals surface area contributed by atoms with Gasteiger partial charge in [0.1, 0.15) is 29.9 Å². The SMILES string of the molecule is COc1ccc(C[C@@H]2NC(=O)[C@H](CC(C)C)NC(=O)[C@@H](Cc3c[nH]c4ccccc34)NC(=O)CN(C(=O)c3cnc(N)nc3C)C[C@H](C(C)C)NC(=O)[C@@H](C)NC2=O)cc1. The molecule has 5 atom stereocenters. The van der Waals surface area contributed by atoms with Gasteiger partial charge in [-0.15, -0.1) is 0 Å².